The molecule has 0 N–H and O–H groups in total. The van der Waals surface area contributed by atoms with Crippen molar-refractivity contribution in [3.63, 3.8) is 0 Å². The van der Waals surface area contributed by atoms with Gasteiger partial charge in [-0.25, -0.2) is 4.39 Å². The Bertz CT molecular complexity index is 393. The Balaban J connectivity index is 2.41. The van der Waals surface area contributed by atoms with Crippen LogP contribution in [0.5, 0.6) is 0 Å². The van der Waals surface area contributed by atoms with Crippen molar-refractivity contribution in [3.8, 4) is 0 Å². The summed E-state index contributed by atoms with van der Waals surface area (Å²) >= 11 is 3.35. The van der Waals surface area contributed by atoms with Gasteiger partial charge >= 0.3 is 0 Å². The highest BCUT2D eigenvalue weighted by Crippen LogP contribution is 2.28. The molecule has 0 amide bonds. The summed E-state index contributed by atoms with van der Waals surface area (Å²) in [5.41, 5.74) is 0.709. The first-order valence-corrected chi connectivity index (χ1v) is 9.44. The molecule has 0 saturated carbocycles. The van der Waals surface area contributed by atoms with Crippen LogP contribution in [0.15, 0.2) is 22.7 Å². The van der Waals surface area contributed by atoms with Crippen molar-refractivity contribution >= 4 is 24.7 Å². The molecular formula is C14H21BrFOSi. The van der Waals surface area contributed by atoms with Crippen molar-refractivity contribution in [2.24, 2.45) is 0 Å². The van der Waals surface area contributed by atoms with Crippen LogP contribution in [0.25, 0.3) is 0 Å². The SMILES string of the molecule is C[Si](C)C(C)(C)COCCc1cc(Br)ccc1F. The van der Waals surface area contributed by atoms with Crippen molar-refractivity contribution in [1.29, 1.82) is 0 Å². The first-order valence-electron chi connectivity index (χ1n) is 6.15. The van der Waals surface area contributed by atoms with Gasteiger partial charge in [0.15, 0.2) is 0 Å². The zero-order valence-corrected chi connectivity index (χ0v) is 14.1. The van der Waals surface area contributed by atoms with E-state index in [4.69, 9.17) is 4.74 Å². The average Bonchev–Trinajstić information content (AvgIpc) is 2.28. The quantitative estimate of drug-likeness (QED) is 0.543. The average molecular weight is 332 g/mol. The largest absolute Gasteiger partial charge is 0.381 e. The van der Waals surface area contributed by atoms with E-state index in [0.717, 1.165) is 11.1 Å². The van der Waals surface area contributed by atoms with E-state index in [-0.39, 0.29) is 19.7 Å². The van der Waals surface area contributed by atoms with Crippen LogP contribution in [0.3, 0.4) is 0 Å². The smallest absolute Gasteiger partial charge is 0.126 e. The summed E-state index contributed by atoms with van der Waals surface area (Å²) in [5.74, 6) is -0.156. The molecule has 0 aliphatic heterocycles. The Hall–Kier alpha value is -0.193. The lowest BCUT2D eigenvalue weighted by Gasteiger charge is -2.27. The van der Waals surface area contributed by atoms with Crippen molar-refractivity contribution in [2.45, 2.75) is 38.4 Å². The molecule has 101 valence electrons. The number of hydrogen-bond acceptors (Lipinski definition) is 1. The first-order chi connectivity index (χ1) is 8.33. The van der Waals surface area contributed by atoms with Gasteiger partial charge in [0.25, 0.3) is 0 Å². The molecule has 0 bridgehead atoms. The zero-order valence-electron chi connectivity index (χ0n) is 11.5. The minimum Gasteiger partial charge on any atom is -0.381 e. The molecule has 0 aliphatic carbocycles. The Morgan fingerprint density at radius 2 is 2.00 bits per heavy atom. The summed E-state index contributed by atoms with van der Waals surface area (Å²) in [5, 5.41) is 0.264. The van der Waals surface area contributed by atoms with Gasteiger partial charge in [-0.15, -0.1) is 0 Å². The van der Waals surface area contributed by atoms with E-state index in [0.29, 0.717) is 18.6 Å². The second kappa shape index (κ2) is 6.82. The molecule has 0 aliphatic rings. The molecule has 0 heterocycles. The van der Waals surface area contributed by atoms with Gasteiger partial charge in [0, 0.05) is 11.1 Å². The van der Waals surface area contributed by atoms with E-state index >= 15 is 0 Å². The molecule has 4 heteroatoms. The fourth-order valence-corrected chi connectivity index (χ4v) is 2.19. The number of hydrogen-bond donors (Lipinski definition) is 0. The van der Waals surface area contributed by atoms with Crippen LogP contribution in [-0.4, -0.2) is 22.0 Å². The maximum Gasteiger partial charge on any atom is 0.126 e. The van der Waals surface area contributed by atoms with E-state index < -0.39 is 0 Å². The predicted molar refractivity (Wildman–Crippen MR) is 80.1 cm³/mol. The van der Waals surface area contributed by atoms with E-state index in [1.807, 2.05) is 6.07 Å². The van der Waals surface area contributed by atoms with Gasteiger partial charge in [0.05, 0.1) is 15.4 Å². The molecule has 1 radical (unpaired) electrons. The molecule has 1 nitrogen and oxygen atoms in total. The molecule has 18 heavy (non-hydrogen) atoms. The van der Waals surface area contributed by atoms with Crippen molar-refractivity contribution < 1.29 is 9.13 Å². The molecule has 0 saturated heterocycles. The molecule has 1 aromatic rings. The molecule has 1 aromatic carbocycles. The molecular weight excluding hydrogens is 311 g/mol. The van der Waals surface area contributed by atoms with E-state index in [1.54, 1.807) is 6.07 Å². The monoisotopic (exact) mass is 331 g/mol. The highest BCUT2D eigenvalue weighted by molar-refractivity contribution is 9.10. The van der Waals surface area contributed by atoms with Crippen LogP contribution in [-0.2, 0) is 11.2 Å². The van der Waals surface area contributed by atoms with Gasteiger partial charge in [-0.2, -0.15) is 0 Å². The number of halogens is 2. The highest BCUT2D eigenvalue weighted by atomic mass is 79.9. The second-order valence-electron chi connectivity index (χ2n) is 5.42. The molecule has 0 atom stereocenters. The van der Waals surface area contributed by atoms with Crippen LogP contribution in [0, 0.1) is 5.82 Å². The molecule has 1 rings (SSSR count). The van der Waals surface area contributed by atoms with Gasteiger partial charge in [-0.05, 0) is 35.2 Å². The van der Waals surface area contributed by atoms with E-state index in [9.17, 15) is 4.39 Å². The lowest BCUT2D eigenvalue weighted by atomic mass is 10.1. The summed E-state index contributed by atoms with van der Waals surface area (Å²) < 4.78 is 20.1. The normalized spacial score (nSPS) is 12.2. The number of rotatable bonds is 6. The van der Waals surface area contributed by atoms with Gasteiger partial charge in [-0.3, -0.25) is 0 Å². The Morgan fingerprint density at radius 3 is 2.61 bits per heavy atom. The minimum absolute atomic E-state index is 0.156. The fraction of sp³-hybridized carbons (Fsp3) is 0.571. The van der Waals surface area contributed by atoms with Gasteiger partial charge in [0.1, 0.15) is 5.82 Å². The summed E-state index contributed by atoms with van der Waals surface area (Å²) in [4.78, 5) is 0. The van der Waals surface area contributed by atoms with Crippen LogP contribution < -0.4 is 0 Å². The van der Waals surface area contributed by atoms with E-state index in [1.165, 1.54) is 6.07 Å². The van der Waals surface area contributed by atoms with Gasteiger partial charge in [0.2, 0.25) is 0 Å². The highest BCUT2D eigenvalue weighted by Gasteiger charge is 2.23. The third kappa shape index (κ3) is 4.82. The Kier molecular flexibility index (Phi) is 6.01. The number of ether oxygens (including phenoxy) is 1. The summed E-state index contributed by atoms with van der Waals surface area (Å²) in [6.07, 6.45) is 0.622. The Morgan fingerprint density at radius 1 is 1.33 bits per heavy atom. The summed E-state index contributed by atoms with van der Waals surface area (Å²) in [6, 6.07) is 5.02. The standard InChI is InChI=1S/C14H21BrFOSi/c1-14(2,18(3)4)10-17-8-7-11-9-12(15)5-6-13(11)16/h5-6,9H,7-8,10H2,1-4H3. The van der Waals surface area contributed by atoms with Gasteiger partial charge in [-0.1, -0.05) is 42.9 Å². The fourth-order valence-electron chi connectivity index (χ4n) is 1.39. The molecule has 0 fully saturated rings. The second-order valence-corrected chi connectivity index (χ2v) is 9.69. The van der Waals surface area contributed by atoms with Crippen molar-refractivity contribution in [1.82, 2.24) is 0 Å². The van der Waals surface area contributed by atoms with Crippen molar-refractivity contribution in [2.75, 3.05) is 13.2 Å². The van der Waals surface area contributed by atoms with Crippen LogP contribution in [0.4, 0.5) is 4.39 Å². The molecule has 0 aromatic heterocycles. The third-order valence-electron chi connectivity index (χ3n) is 3.34. The summed E-state index contributed by atoms with van der Waals surface area (Å²) in [7, 11) is -0.377. The Labute approximate surface area is 119 Å². The maximum atomic E-state index is 13.5. The van der Waals surface area contributed by atoms with Gasteiger partial charge < -0.3 is 4.74 Å². The zero-order chi connectivity index (χ0) is 13.8. The van der Waals surface area contributed by atoms with Crippen molar-refractivity contribution in [3.05, 3.63) is 34.1 Å². The minimum atomic E-state index is -0.377. The van der Waals surface area contributed by atoms with Crippen LogP contribution in [0.2, 0.25) is 18.1 Å². The van der Waals surface area contributed by atoms with Crippen LogP contribution >= 0.6 is 15.9 Å². The summed E-state index contributed by atoms with van der Waals surface area (Å²) in [6.45, 7) is 10.4. The maximum absolute atomic E-state index is 13.5. The predicted octanol–water partition coefficient (Wildman–Crippen LogP) is 4.68. The molecule has 0 unspecified atom stereocenters. The lowest BCUT2D eigenvalue weighted by Crippen LogP contribution is -2.26. The molecule has 0 spiro atoms. The third-order valence-corrected chi connectivity index (χ3v) is 6.68. The number of benzene rings is 1. The van der Waals surface area contributed by atoms with E-state index in [2.05, 4.69) is 42.9 Å². The van der Waals surface area contributed by atoms with Crippen LogP contribution in [0.1, 0.15) is 19.4 Å². The lowest BCUT2D eigenvalue weighted by molar-refractivity contribution is 0.116. The topological polar surface area (TPSA) is 9.23 Å². The first kappa shape index (κ1) is 15.9.